The molecule has 5 heteroatoms. The molecule has 0 radical (unpaired) electrons. The summed E-state index contributed by atoms with van der Waals surface area (Å²) in [5.74, 6) is -0.736. The molecule has 0 heterocycles. The maximum atomic E-state index is 11.4. The monoisotopic (exact) mass is 234 g/mol. The fourth-order valence-corrected chi connectivity index (χ4v) is 1.79. The van der Waals surface area contributed by atoms with Crippen molar-refractivity contribution in [2.24, 2.45) is 0 Å². The molecule has 1 atom stereocenters. The van der Waals surface area contributed by atoms with Gasteiger partial charge in [-0.1, -0.05) is 32.5 Å². The standard InChI is InChI=1S/C10H18O4S/c1-5-14-9(13)7(11)6-8(12)15-10(2,3)4/h7,11H,5-6H2,1-4H3/t7-/m1/s1. The Hall–Kier alpha value is -0.550. The van der Waals surface area contributed by atoms with Crippen LogP contribution in [0.2, 0.25) is 0 Å². The number of hydrogen-bond donors (Lipinski definition) is 1. The summed E-state index contributed by atoms with van der Waals surface area (Å²) in [5.41, 5.74) is 0. The molecule has 0 aliphatic heterocycles. The van der Waals surface area contributed by atoms with Gasteiger partial charge >= 0.3 is 5.97 Å². The maximum Gasteiger partial charge on any atom is 0.335 e. The molecule has 0 aromatic rings. The lowest BCUT2D eigenvalue weighted by Gasteiger charge is -2.16. The molecule has 88 valence electrons. The highest BCUT2D eigenvalue weighted by Gasteiger charge is 2.23. The second-order valence-electron chi connectivity index (χ2n) is 4.06. The summed E-state index contributed by atoms with van der Waals surface area (Å²) < 4.78 is 4.38. The van der Waals surface area contributed by atoms with Crippen LogP contribution < -0.4 is 0 Å². The van der Waals surface area contributed by atoms with Crippen LogP contribution in [0.25, 0.3) is 0 Å². The van der Waals surface area contributed by atoms with Crippen LogP contribution in [0.3, 0.4) is 0 Å². The molecule has 0 aliphatic carbocycles. The molecule has 0 aliphatic rings. The van der Waals surface area contributed by atoms with Crippen molar-refractivity contribution in [1.82, 2.24) is 0 Å². The lowest BCUT2D eigenvalue weighted by Crippen LogP contribution is -2.26. The van der Waals surface area contributed by atoms with Gasteiger partial charge in [-0.3, -0.25) is 4.79 Å². The average molecular weight is 234 g/mol. The number of ether oxygens (including phenoxy) is 1. The van der Waals surface area contributed by atoms with Crippen LogP contribution in [-0.4, -0.2) is 33.6 Å². The van der Waals surface area contributed by atoms with E-state index in [1.165, 1.54) is 0 Å². The largest absolute Gasteiger partial charge is 0.464 e. The van der Waals surface area contributed by atoms with Crippen LogP contribution in [0.4, 0.5) is 0 Å². The molecule has 0 saturated carbocycles. The predicted octanol–water partition coefficient (Wildman–Crippen LogP) is 1.36. The highest BCUT2D eigenvalue weighted by molar-refractivity contribution is 8.14. The first-order valence-corrected chi connectivity index (χ1v) is 5.64. The summed E-state index contributed by atoms with van der Waals surface area (Å²) in [6, 6.07) is 0. The molecular formula is C10H18O4S. The first-order chi connectivity index (χ1) is 6.76. The molecule has 0 saturated heterocycles. The summed E-state index contributed by atoms with van der Waals surface area (Å²) in [6.45, 7) is 7.54. The Bertz CT molecular complexity index is 232. The van der Waals surface area contributed by atoms with E-state index in [0.717, 1.165) is 11.8 Å². The molecule has 4 nitrogen and oxygen atoms in total. The van der Waals surface area contributed by atoms with Gasteiger partial charge in [-0.05, 0) is 6.92 Å². The van der Waals surface area contributed by atoms with Crippen LogP contribution >= 0.6 is 11.8 Å². The van der Waals surface area contributed by atoms with E-state index >= 15 is 0 Å². The third-order valence-electron chi connectivity index (χ3n) is 1.34. The quantitative estimate of drug-likeness (QED) is 0.744. The van der Waals surface area contributed by atoms with E-state index < -0.39 is 12.1 Å². The number of aliphatic hydroxyl groups is 1. The van der Waals surface area contributed by atoms with Crippen molar-refractivity contribution >= 4 is 22.8 Å². The fourth-order valence-electron chi connectivity index (χ4n) is 0.863. The van der Waals surface area contributed by atoms with E-state index in [1.807, 2.05) is 20.8 Å². The van der Waals surface area contributed by atoms with Crippen molar-refractivity contribution in [3.63, 3.8) is 0 Å². The zero-order valence-electron chi connectivity index (χ0n) is 9.57. The number of carbonyl (C=O) groups excluding carboxylic acids is 2. The molecule has 0 amide bonds. The normalized spacial score (nSPS) is 13.4. The van der Waals surface area contributed by atoms with E-state index in [1.54, 1.807) is 6.92 Å². The lowest BCUT2D eigenvalue weighted by atomic mass is 10.2. The molecule has 0 spiro atoms. The Morgan fingerprint density at radius 1 is 1.40 bits per heavy atom. The van der Waals surface area contributed by atoms with Gasteiger partial charge in [0, 0.05) is 4.75 Å². The Labute approximate surface area is 94.4 Å². The molecule has 0 bridgehead atoms. The topological polar surface area (TPSA) is 63.6 Å². The molecule has 0 aromatic heterocycles. The van der Waals surface area contributed by atoms with Gasteiger partial charge in [0.15, 0.2) is 11.2 Å². The van der Waals surface area contributed by atoms with Crippen molar-refractivity contribution in [3.05, 3.63) is 0 Å². The first-order valence-electron chi connectivity index (χ1n) is 4.83. The first kappa shape index (κ1) is 14.5. The van der Waals surface area contributed by atoms with Crippen LogP contribution in [0.15, 0.2) is 0 Å². The number of thioether (sulfide) groups is 1. The van der Waals surface area contributed by atoms with Crippen molar-refractivity contribution in [1.29, 1.82) is 0 Å². The SMILES string of the molecule is CCOC(=O)[C@H](O)CC(=O)SC(C)(C)C. The Morgan fingerprint density at radius 3 is 2.33 bits per heavy atom. The van der Waals surface area contributed by atoms with Gasteiger partial charge < -0.3 is 9.84 Å². The minimum atomic E-state index is -1.34. The predicted molar refractivity (Wildman–Crippen MR) is 59.6 cm³/mol. The van der Waals surface area contributed by atoms with Gasteiger partial charge in [-0.15, -0.1) is 0 Å². The number of esters is 1. The van der Waals surface area contributed by atoms with Gasteiger partial charge in [0.2, 0.25) is 0 Å². The van der Waals surface area contributed by atoms with Crippen LogP contribution in [0.1, 0.15) is 34.1 Å². The van der Waals surface area contributed by atoms with Crippen molar-refractivity contribution in [2.45, 2.75) is 45.0 Å². The maximum absolute atomic E-state index is 11.4. The Morgan fingerprint density at radius 2 is 1.93 bits per heavy atom. The minimum Gasteiger partial charge on any atom is -0.464 e. The van der Waals surface area contributed by atoms with Gasteiger partial charge in [0.05, 0.1) is 13.0 Å². The lowest BCUT2D eigenvalue weighted by molar-refractivity contribution is -0.154. The van der Waals surface area contributed by atoms with Gasteiger partial charge in [0.1, 0.15) is 0 Å². The van der Waals surface area contributed by atoms with E-state index in [2.05, 4.69) is 4.74 Å². The summed E-state index contributed by atoms with van der Waals surface area (Å²) in [5, 5.41) is 9.10. The number of carbonyl (C=O) groups is 2. The summed E-state index contributed by atoms with van der Waals surface area (Å²) in [7, 11) is 0. The van der Waals surface area contributed by atoms with Crippen molar-refractivity contribution < 1.29 is 19.4 Å². The third kappa shape index (κ3) is 7.39. The smallest absolute Gasteiger partial charge is 0.335 e. The molecule has 0 fully saturated rings. The van der Waals surface area contributed by atoms with Crippen LogP contribution in [0.5, 0.6) is 0 Å². The molecular weight excluding hydrogens is 216 g/mol. The van der Waals surface area contributed by atoms with Gasteiger partial charge in [0.25, 0.3) is 0 Å². The summed E-state index contributed by atoms with van der Waals surface area (Å²) >= 11 is 1.11. The third-order valence-corrected chi connectivity index (χ3v) is 2.35. The molecule has 0 rings (SSSR count). The number of rotatable bonds is 4. The fraction of sp³-hybridized carbons (Fsp3) is 0.800. The molecule has 1 N–H and O–H groups in total. The van der Waals surface area contributed by atoms with Gasteiger partial charge in [-0.25, -0.2) is 4.79 Å². The van der Waals surface area contributed by atoms with E-state index in [-0.39, 0.29) is 22.9 Å². The number of hydrogen-bond acceptors (Lipinski definition) is 5. The second-order valence-corrected chi connectivity index (χ2v) is 5.94. The van der Waals surface area contributed by atoms with E-state index in [9.17, 15) is 14.7 Å². The summed E-state index contributed by atoms with van der Waals surface area (Å²) in [4.78, 5) is 22.4. The van der Waals surface area contributed by atoms with Gasteiger partial charge in [-0.2, -0.15) is 0 Å². The second kappa shape index (κ2) is 6.12. The number of aliphatic hydroxyl groups excluding tert-OH is 1. The van der Waals surface area contributed by atoms with Crippen LogP contribution in [0, 0.1) is 0 Å². The highest BCUT2D eigenvalue weighted by atomic mass is 32.2. The Kier molecular flexibility index (Phi) is 5.90. The average Bonchev–Trinajstić information content (AvgIpc) is 2.00. The zero-order chi connectivity index (χ0) is 12.1. The molecule has 0 aromatic carbocycles. The van der Waals surface area contributed by atoms with Crippen molar-refractivity contribution in [3.8, 4) is 0 Å². The van der Waals surface area contributed by atoms with E-state index in [0.29, 0.717) is 0 Å². The Balaban J connectivity index is 4.02. The van der Waals surface area contributed by atoms with Crippen LogP contribution in [-0.2, 0) is 14.3 Å². The zero-order valence-corrected chi connectivity index (χ0v) is 10.4. The summed E-state index contributed by atoms with van der Waals surface area (Å²) in [6.07, 6.45) is -1.53. The highest BCUT2D eigenvalue weighted by Crippen LogP contribution is 2.25. The van der Waals surface area contributed by atoms with E-state index in [4.69, 9.17) is 0 Å². The molecule has 15 heavy (non-hydrogen) atoms. The minimum absolute atomic E-state index is 0.194. The molecule has 0 unspecified atom stereocenters. The van der Waals surface area contributed by atoms with Crippen molar-refractivity contribution in [2.75, 3.05) is 6.61 Å².